The summed E-state index contributed by atoms with van der Waals surface area (Å²) in [5.74, 6) is 0. The lowest BCUT2D eigenvalue weighted by Gasteiger charge is -2.36. The zero-order valence-electron chi connectivity index (χ0n) is 10.1. The number of hydrogen-bond acceptors (Lipinski definition) is 2. The van der Waals surface area contributed by atoms with Gasteiger partial charge in [0.05, 0.1) is 0 Å². The highest BCUT2D eigenvalue weighted by Gasteiger charge is 2.43. The minimum atomic E-state index is -4.20. The molecule has 1 aliphatic heterocycles. The summed E-state index contributed by atoms with van der Waals surface area (Å²) >= 11 is 0. The zero-order valence-corrected chi connectivity index (χ0v) is 10.1. The molecule has 0 radical (unpaired) electrons. The van der Waals surface area contributed by atoms with E-state index < -0.39 is 12.2 Å². The predicted octanol–water partition coefficient (Wildman–Crippen LogP) is 2.32. The van der Waals surface area contributed by atoms with E-state index in [1.807, 2.05) is 24.3 Å². The van der Waals surface area contributed by atoms with Crippen molar-refractivity contribution in [1.29, 1.82) is 0 Å². The van der Waals surface area contributed by atoms with Crippen molar-refractivity contribution in [2.45, 2.75) is 31.6 Å². The first-order valence-corrected chi connectivity index (χ1v) is 6.10. The molecule has 2 N–H and O–H groups in total. The van der Waals surface area contributed by atoms with Crippen LogP contribution < -0.4 is 5.73 Å². The van der Waals surface area contributed by atoms with E-state index in [1.54, 1.807) is 0 Å². The fourth-order valence-electron chi connectivity index (χ4n) is 2.49. The van der Waals surface area contributed by atoms with E-state index in [0.717, 1.165) is 11.1 Å². The molecule has 1 aromatic rings. The van der Waals surface area contributed by atoms with Gasteiger partial charge in [-0.1, -0.05) is 24.3 Å². The first-order valence-electron chi connectivity index (χ1n) is 6.10. The van der Waals surface area contributed by atoms with Gasteiger partial charge in [-0.2, -0.15) is 13.2 Å². The number of rotatable bonds is 3. The molecular formula is C13H17F3N2. The van der Waals surface area contributed by atoms with Crippen LogP contribution in [0.15, 0.2) is 24.3 Å². The SMILES string of the molecule is NCCC(N1CCc2ccccc2C1)C(F)(F)F. The number of hydrogen-bond donors (Lipinski definition) is 1. The average molecular weight is 258 g/mol. The third-order valence-electron chi connectivity index (χ3n) is 3.42. The fourth-order valence-corrected chi connectivity index (χ4v) is 2.49. The normalized spacial score (nSPS) is 18.4. The minimum absolute atomic E-state index is 0.0360. The fraction of sp³-hybridized carbons (Fsp3) is 0.538. The van der Waals surface area contributed by atoms with Gasteiger partial charge in [0, 0.05) is 13.1 Å². The van der Waals surface area contributed by atoms with E-state index in [9.17, 15) is 13.2 Å². The molecule has 100 valence electrons. The highest BCUT2D eigenvalue weighted by atomic mass is 19.4. The summed E-state index contributed by atoms with van der Waals surface area (Å²) in [5, 5.41) is 0. The van der Waals surface area contributed by atoms with Gasteiger partial charge in [-0.3, -0.25) is 4.90 Å². The number of halogens is 3. The van der Waals surface area contributed by atoms with Gasteiger partial charge in [0.1, 0.15) is 6.04 Å². The Labute approximate surface area is 105 Å². The van der Waals surface area contributed by atoms with Gasteiger partial charge in [-0.25, -0.2) is 0 Å². The molecule has 1 unspecified atom stereocenters. The van der Waals surface area contributed by atoms with Crippen molar-refractivity contribution in [3.63, 3.8) is 0 Å². The molecule has 5 heteroatoms. The summed E-state index contributed by atoms with van der Waals surface area (Å²) in [6.07, 6.45) is -3.56. The molecule has 2 nitrogen and oxygen atoms in total. The molecule has 0 bridgehead atoms. The molecule has 0 saturated heterocycles. The van der Waals surface area contributed by atoms with Gasteiger partial charge >= 0.3 is 6.18 Å². The number of alkyl halides is 3. The molecule has 0 amide bonds. The van der Waals surface area contributed by atoms with Crippen molar-refractivity contribution < 1.29 is 13.2 Å². The summed E-state index contributed by atoms with van der Waals surface area (Å²) in [6, 6.07) is 6.26. The van der Waals surface area contributed by atoms with Crippen LogP contribution in [0.5, 0.6) is 0 Å². The second-order valence-electron chi connectivity index (χ2n) is 4.62. The third-order valence-corrected chi connectivity index (χ3v) is 3.42. The van der Waals surface area contributed by atoms with Crippen LogP contribution in [-0.2, 0) is 13.0 Å². The van der Waals surface area contributed by atoms with Gasteiger partial charge in [0.15, 0.2) is 0 Å². The first-order chi connectivity index (χ1) is 8.52. The zero-order chi connectivity index (χ0) is 13.2. The monoisotopic (exact) mass is 258 g/mol. The van der Waals surface area contributed by atoms with E-state index in [4.69, 9.17) is 5.73 Å². The van der Waals surface area contributed by atoms with Crippen LogP contribution in [0.3, 0.4) is 0 Å². The van der Waals surface area contributed by atoms with E-state index >= 15 is 0 Å². The van der Waals surface area contributed by atoms with Crippen LogP contribution in [0, 0.1) is 0 Å². The Balaban J connectivity index is 2.15. The van der Waals surface area contributed by atoms with Crippen LogP contribution in [-0.4, -0.2) is 30.2 Å². The highest BCUT2D eigenvalue weighted by molar-refractivity contribution is 5.29. The first kappa shape index (κ1) is 13.4. The van der Waals surface area contributed by atoms with Crippen molar-refractivity contribution in [1.82, 2.24) is 4.90 Å². The molecule has 18 heavy (non-hydrogen) atoms. The van der Waals surface area contributed by atoms with E-state index in [0.29, 0.717) is 19.5 Å². The Bertz CT molecular complexity index is 403. The van der Waals surface area contributed by atoms with Crippen LogP contribution in [0.2, 0.25) is 0 Å². The molecule has 0 saturated carbocycles. The van der Waals surface area contributed by atoms with E-state index in [2.05, 4.69) is 0 Å². The maximum atomic E-state index is 13.0. The van der Waals surface area contributed by atoms with Crippen molar-refractivity contribution in [3.05, 3.63) is 35.4 Å². The van der Waals surface area contributed by atoms with Crippen molar-refractivity contribution in [3.8, 4) is 0 Å². The molecular weight excluding hydrogens is 241 g/mol. The summed E-state index contributed by atoms with van der Waals surface area (Å²) in [5.41, 5.74) is 7.45. The smallest absolute Gasteiger partial charge is 0.330 e. The lowest BCUT2D eigenvalue weighted by Crippen LogP contribution is -2.48. The lowest BCUT2D eigenvalue weighted by molar-refractivity contribution is -0.187. The minimum Gasteiger partial charge on any atom is -0.330 e. The standard InChI is InChI=1S/C13H17F3N2/c14-13(15,16)12(5-7-17)18-8-6-10-3-1-2-4-11(10)9-18/h1-4,12H,5-9,17H2. The molecule has 0 aromatic heterocycles. The summed E-state index contributed by atoms with van der Waals surface area (Å²) in [6.45, 7) is 0.865. The Morgan fingerprint density at radius 1 is 1.22 bits per heavy atom. The highest BCUT2D eigenvalue weighted by Crippen LogP contribution is 2.30. The number of benzene rings is 1. The Hall–Kier alpha value is -1.07. The van der Waals surface area contributed by atoms with Gasteiger partial charge in [-0.05, 0) is 30.5 Å². The van der Waals surface area contributed by atoms with Gasteiger partial charge < -0.3 is 5.73 Å². The maximum absolute atomic E-state index is 13.0. The predicted molar refractivity (Wildman–Crippen MR) is 64.1 cm³/mol. The molecule has 1 heterocycles. The molecule has 1 aliphatic rings. The Kier molecular flexibility index (Phi) is 3.92. The third kappa shape index (κ3) is 2.84. The average Bonchev–Trinajstić information content (AvgIpc) is 2.34. The van der Waals surface area contributed by atoms with Crippen molar-refractivity contribution >= 4 is 0 Å². The molecule has 0 aliphatic carbocycles. The number of nitrogens with zero attached hydrogens (tertiary/aromatic N) is 1. The topological polar surface area (TPSA) is 29.3 Å². The Morgan fingerprint density at radius 3 is 2.50 bits per heavy atom. The van der Waals surface area contributed by atoms with Crippen molar-refractivity contribution in [2.24, 2.45) is 5.73 Å². The van der Waals surface area contributed by atoms with Crippen LogP contribution >= 0.6 is 0 Å². The largest absolute Gasteiger partial charge is 0.404 e. The summed E-state index contributed by atoms with van der Waals surface area (Å²) in [7, 11) is 0. The number of fused-ring (bicyclic) bond motifs is 1. The molecule has 1 atom stereocenters. The van der Waals surface area contributed by atoms with Crippen LogP contribution in [0.25, 0.3) is 0 Å². The van der Waals surface area contributed by atoms with Crippen molar-refractivity contribution in [2.75, 3.05) is 13.1 Å². The number of nitrogens with two attached hydrogens (primary N) is 1. The van der Waals surface area contributed by atoms with Gasteiger partial charge in [0.25, 0.3) is 0 Å². The van der Waals surface area contributed by atoms with Crippen LogP contribution in [0.1, 0.15) is 17.5 Å². The second kappa shape index (κ2) is 5.28. The van der Waals surface area contributed by atoms with Crippen LogP contribution in [0.4, 0.5) is 13.2 Å². The summed E-state index contributed by atoms with van der Waals surface area (Å²) < 4.78 is 38.9. The lowest BCUT2D eigenvalue weighted by atomic mass is 9.98. The van der Waals surface area contributed by atoms with E-state index in [1.165, 1.54) is 4.90 Å². The molecule has 0 spiro atoms. The Morgan fingerprint density at radius 2 is 1.89 bits per heavy atom. The second-order valence-corrected chi connectivity index (χ2v) is 4.62. The molecule has 0 fully saturated rings. The summed E-state index contributed by atoms with van der Waals surface area (Å²) in [4.78, 5) is 1.50. The van der Waals surface area contributed by atoms with E-state index in [-0.39, 0.29) is 13.0 Å². The molecule has 1 aromatic carbocycles. The molecule has 2 rings (SSSR count). The van der Waals surface area contributed by atoms with Gasteiger partial charge in [-0.15, -0.1) is 0 Å². The quantitative estimate of drug-likeness (QED) is 0.901. The maximum Gasteiger partial charge on any atom is 0.404 e. The van der Waals surface area contributed by atoms with Gasteiger partial charge in [0.2, 0.25) is 0 Å².